The van der Waals surface area contributed by atoms with E-state index >= 15 is 0 Å². The van der Waals surface area contributed by atoms with Gasteiger partial charge in [0.05, 0.1) is 0 Å². The number of unbranched alkanes of at least 4 members (excludes halogenated alkanes) is 1. The summed E-state index contributed by atoms with van der Waals surface area (Å²) >= 11 is 5.62. The quantitative estimate of drug-likeness (QED) is 0.633. The first kappa shape index (κ1) is 8.54. The Bertz CT molecular complexity index is 205. The number of halogens is 1. The summed E-state index contributed by atoms with van der Waals surface area (Å²) in [6.07, 6.45) is 4.96. The molecule has 0 aliphatic rings. The standard InChI is InChI=1S/C9H11ClN/c1-2-3-4-8-5-6-9(10)11-7-8/h5-7H,1-4H2. The molecule has 1 heterocycles. The molecule has 1 aromatic rings. The van der Waals surface area contributed by atoms with Crippen molar-refractivity contribution in [1.82, 2.24) is 4.98 Å². The van der Waals surface area contributed by atoms with Crippen molar-refractivity contribution >= 4 is 11.6 Å². The highest BCUT2D eigenvalue weighted by molar-refractivity contribution is 6.29. The minimum atomic E-state index is 0.559. The van der Waals surface area contributed by atoms with Crippen molar-refractivity contribution in [2.75, 3.05) is 0 Å². The van der Waals surface area contributed by atoms with Gasteiger partial charge in [-0.2, -0.15) is 0 Å². The van der Waals surface area contributed by atoms with Crippen molar-refractivity contribution in [2.24, 2.45) is 0 Å². The molecule has 0 saturated carbocycles. The second-order valence-corrected chi connectivity index (χ2v) is 2.83. The zero-order valence-corrected chi connectivity index (χ0v) is 7.14. The molecule has 0 atom stereocenters. The molecule has 0 aliphatic carbocycles. The molecular weight excluding hydrogens is 158 g/mol. The first-order valence-corrected chi connectivity index (χ1v) is 4.10. The van der Waals surface area contributed by atoms with Gasteiger partial charge in [-0.3, -0.25) is 0 Å². The summed E-state index contributed by atoms with van der Waals surface area (Å²) in [5, 5.41) is 0.559. The van der Waals surface area contributed by atoms with Crippen LogP contribution in [-0.4, -0.2) is 4.98 Å². The fourth-order valence-corrected chi connectivity index (χ4v) is 0.995. The molecule has 1 radical (unpaired) electrons. The van der Waals surface area contributed by atoms with Gasteiger partial charge < -0.3 is 0 Å². The van der Waals surface area contributed by atoms with Crippen LogP contribution in [0.5, 0.6) is 0 Å². The Morgan fingerprint density at radius 2 is 2.27 bits per heavy atom. The molecule has 0 amide bonds. The van der Waals surface area contributed by atoms with Crippen LogP contribution in [0.1, 0.15) is 18.4 Å². The third-order valence-electron chi connectivity index (χ3n) is 1.50. The Labute approximate surface area is 72.4 Å². The fourth-order valence-electron chi connectivity index (χ4n) is 0.883. The average Bonchev–Trinajstić information content (AvgIpc) is 2.04. The molecule has 1 aromatic heterocycles. The Balaban J connectivity index is 2.52. The average molecular weight is 169 g/mol. The molecule has 0 fully saturated rings. The molecule has 0 aromatic carbocycles. The molecule has 0 saturated heterocycles. The van der Waals surface area contributed by atoms with Gasteiger partial charge in [0.2, 0.25) is 0 Å². The molecule has 11 heavy (non-hydrogen) atoms. The van der Waals surface area contributed by atoms with Gasteiger partial charge in [-0.1, -0.05) is 31.0 Å². The first-order chi connectivity index (χ1) is 5.33. The van der Waals surface area contributed by atoms with Crippen molar-refractivity contribution in [2.45, 2.75) is 19.3 Å². The van der Waals surface area contributed by atoms with Crippen LogP contribution in [0.15, 0.2) is 18.3 Å². The molecule has 0 spiro atoms. The number of aryl methyl sites for hydroxylation is 1. The lowest BCUT2D eigenvalue weighted by atomic mass is 10.1. The van der Waals surface area contributed by atoms with Gasteiger partial charge in [0.25, 0.3) is 0 Å². The van der Waals surface area contributed by atoms with Crippen LogP contribution in [0, 0.1) is 6.92 Å². The van der Waals surface area contributed by atoms with Crippen molar-refractivity contribution < 1.29 is 0 Å². The minimum Gasteiger partial charge on any atom is -0.244 e. The molecule has 0 unspecified atom stereocenters. The van der Waals surface area contributed by atoms with Crippen molar-refractivity contribution in [3.63, 3.8) is 0 Å². The maximum atomic E-state index is 5.62. The number of pyridine rings is 1. The summed E-state index contributed by atoms with van der Waals surface area (Å²) in [5.74, 6) is 0. The summed E-state index contributed by atoms with van der Waals surface area (Å²) in [7, 11) is 0. The van der Waals surface area contributed by atoms with Crippen LogP contribution < -0.4 is 0 Å². The van der Waals surface area contributed by atoms with E-state index in [1.807, 2.05) is 18.3 Å². The second-order valence-electron chi connectivity index (χ2n) is 2.45. The topological polar surface area (TPSA) is 12.9 Å². The zero-order valence-electron chi connectivity index (χ0n) is 6.39. The first-order valence-electron chi connectivity index (χ1n) is 3.72. The lowest BCUT2D eigenvalue weighted by Gasteiger charge is -1.97. The maximum Gasteiger partial charge on any atom is 0.129 e. The molecule has 0 aliphatic heterocycles. The van der Waals surface area contributed by atoms with E-state index in [2.05, 4.69) is 11.9 Å². The molecule has 1 rings (SSSR count). The molecular formula is C9H11ClN. The third-order valence-corrected chi connectivity index (χ3v) is 1.73. The predicted molar refractivity (Wildman–Crippen MR) is 47.5 cm³/mol. The second kappa shape index (κ2) is 4.35. The summed E-state index contributed by atoms with van der Waals surface area (Å²) in [5.41, 5.74) is 1.23. The SMILES string of the molecule is [CH2]CCCc1ccc(Cl)nc1. The number of hydrogen-bond acceptors (Lipinski definition) is 1. The van der Waals surface area contributed by atoms with E-state index < -0.39 is 0 Å². The number of aromatic nitrogens is 1. The normalized spacial score (nSPS) is 10.0. The summed E-state index contributed by atoms with van der Waals surface area (Å²) < 4.78 is 0. The van der Waals surface area contributed by atoms with E-state index in [-0.39, 0.29) is 0 Å². The van der Waals surface area contributed by atoms with Gasteiger partial charge >= 0.3 is 0 Å². The highest BCUT2D eigenvalue weighted by Gasteiger charge is 1.92. The zero-order chi connectivity index (χ0) is 8.10. The van der Waals surface area contributed by atoms with Crippen LogP contribution in [0.3, 0.4) is 0 Å². The van der Waals surface area contributed by atoms with Crippen molar-refractivity contribution in [3.05, 3.63) is 36.0 Å². The highest BCUT2D eigenvalue weighted by atomic mass is 35.5. The highest BCUT2D eigenvalue weighted by Crippen LogP contribution is 2.07. The largest absolute Gasteiger partial charge is 0.244 e. The Morgan fingerprint density at radius 3 is 2.82 bits per heavy atom. The number of nitrogens with zero attached hydrogens (tertiary/aromatic N) is 1. The summed E-state index contributed by atoms with van der Waals surface area (Å²) in [6.45, 7) is 3.77. The van der Waals surface area contributed by atoms with Gasteiger partial charge in [0.1, 0.15) is 5.15 Å². The van der Waals surface area contributed by atoms with E-state index in [1.165, 1.54) is 5.56 Å². The van der Waals surface area contributed by atoms with Crippen LogP contribution in [0.2, 0.25) is 5.15 Å². The summed E-state index contributed by atoms with van der Waals surface area (Å²) in [4.78, 5) is 3.98. The van der Waals surface area contributed by atoms with Gasteiger partial charge in [0.15, 0.2) is 0 Å². The Hall–Kier alpha value is -0.560. The smallest absolute Gasteiger partial charge is 0.129 e. The van der Waals surface area contributed by atoms with Crippen LogP contribution in [-0.2, 0) is 6.42 Å². The lowest BCUT2D eigenvalue weighted by molar-refractivity contribution is 0.836. The van der Waals surface area contributed by atoms with E-state index in [9.17, 15) is 0 Å². The third kappa shape index (κ3) is 2.89. The maximum absolute atomic E-state index is 5.62. The number of rotatable bonds is 3. The monoisotopic (exact) mass is 168 g/mol. The molecule has 59 valence electrons. The van der Waals surface area contributed by atoms with Crippen LogP contribution in [0.4, 0.5) is 0 Å². The van der Waals surface area contributed by atoms with E-state index in [0.29, 0.717) is 5.15 Å². The van der Waals surface area contributed by atoms with Gasteiger partial charge in [0, 0.05) is 6.20 Å². The molecule has 2 heteroatoms. The predicted octanol–water partition coefficient (Wildman–Crippen LogP) is 2.89. The fraction of sp³-hybridized carbons (Fsp3) is 0.333. The van der Waals surface area contributed by atoms with Gasteiger partial charge in [-0.25, -0.2) is 4.98 Å². The van der Waals surface area contributed by atoms with Crippen LogP contribution >= 0.6 is 11.6 Å². The van der Waals surface area contributed by atoms with E-state index in [4.69, 9.17) is 11.6 Å². The van der Waals surface area contributed by atoms with E-state index in [0.717, 1.165) is 19.3 Å². The molecule has 1 nitrogen and oxygen atoms in total. The van der Waals surface area contributed by atoms with Crippen LogP contribution in [0.25, 0.3) is 0 Å². The molecule has 0 N–H and O–H groups in total. The van der Waals surface area contributed by atoms with E-state index in [1.54, 1.807) is 0 Å². The lowest BCUT2D eigenvalue weighted by Crippen LogP contribution is -1.85. The number of hydrogen-bond donors (Lipinski definition) is 0. The minimum absolute atomic E-state index is 0.559. The van der Waals surface area contributed by atoms with Crippen molar-refractivity contribution in [3.8, 4) is 0 Å². The summed E-state index contributed by atoms with van der Waals surface area (Å²) in [6, 6.07) is 3.82. The van der Waals surface area contributed by atoms with Crippen molar-refractivity contribution in [1.29, 1.82) is 0 Å². The van der Waals surface area contributed by atoms with Gasteiger partial charge in [-0.05, 0) is 24.5 Å². The Morgan fingerprint density at radius 1 is 1.45 bits per heavy atom. The Kier molecular flexibility index (Phi) is 3.37. The molecule has 0 bridgehead atoms. The van der Waals surface area contributed by atoms with Gasteiger partial charge in [-0.15, -0.1) is 0 Å².